The standard InChI is InChI=1S/C24H36Cl2N2O/c25-22-14-21(15-23(26)16-22)24(29)19(17-27-10-3-1-4-11-27)8-7-9-20(24)18-28-12-5-2-6-13-28/h14-16,19-20,29H,1-13,17-18H2. The van der Waals surface area contributed by atoms with Gasteiger partial charge in [-0.15, -0.1) is 0 Å². The van der Waals surface area contributed by atoms with E-state index in [0.717, 1.165) is 31.5 Å². The van der Waals surface area contributed by atoms with Gasteiger partial charge in [0.1, 0.15) is 0 Å². The number of hydrogen-bond acceptors (Lipinski definition) is 3. The predicted molar refractivity (Wildman–Crippen MR) is 122 cm³/mol. The van der Waals surface area contributed by atoms with Crippen molar-refractivity contribution >= 4 is 23.2 Å². The molecule has 2 aliphatic heterocycles. The van der Waals surface area contributed by atoms with Gasteiger partial charge in [0.15, 0.2) is 0 Å². The fourth-order valence-corrected chi connectivity index (χ4v) is 6.53. The zero-order valence-electron chi connectivity index (χ0n) is 17.6. The predicted octanol–water partition coefficient (Wildman–Crippen LogP) is 5.57. The largest absolute Gasteiger partial charge is 0.384 e. The molecular weight excluding hydrogens is 403 g/mol. The molecule has 4 rings (SSSR count). The molecule has 0 bridgehead atoms. The lowest BCUT2D eigenvalue weighted by molar-refractivity contribution is -0.119. The van der Waals surface area contributed by atoms with Gasteiger partial charge in [0.05, 0.1) is 5.60 Å². The Bertz CT molecular complexity index is 623. The molecule has 1 aromatic rings. The van der Waals surface area contributed by atoms with Crippen LogP contribution in [-0.2, 0) is 5.60 Å². The molecule has 3 aliphatic rings. The minimum Gasteiger partial charge on any atom is -0.384 e. The zero-order chi connectivity index (χ0) is 20.3. The van der Waals surface area contributed by atoms with Crippen molar-refractivity contribution in [3.63, 3.8) is 0 Å². The van der Waals surface area contributed by atoms with Crippen LogP contribution in [0.5, 0.6) is 0 Å². The molecule has 3 nitrogen and oxygen atoms in total. The lowest BCUT2D eigenvalue weighted by atomic mass is 9.64. The Balaban J connectivity index is 1.63. The molecule has 29 heavy (non-hydrogen) atoms. The monoisotopic (exact) mass is 438 g/mol. The molecule has 1 aliphatic carbocycles. The third kappa shape index (κ3) is 5.13. The smallest absolute Gasteiger partial charge is 0.0977 e. The van der Waals surface area contributed by atoms with E-state index in [4.69, 9.17) is 23.2 Å². The van der Waals surface area contributed by atoms with Crippen LogP contribution in [0.2, 0.25) is 10.0 Å². The van der Waals surface area contributed by atoms with Gasteiger partial charge in [0, 0.05) is 35.0 Å². The summed E-state index contributed by atoms with van der Waals surface area (Å²) in [4.78, 5) is 5.16. The Hall–Kier alpha value is -0.320. The first kappa shape index (κ1) is 21.9. The molecule has 2 unspecified atom stereocenters. The van der Waals surface area contributed by atoms with Gasteiger partial charge >= 0.3 is 0 Å². The van der Waals surface area contributed by atoms with Gasteiger partial charge in [-0.25, -0.2) is 0 Å². The van der Waals surface area contributed by atoms with E-state index in [1.165, 1.54) is 71.1 Å². The van der Waals surface area contributed by atoms with Crippen molar-refractivity contribution in [3.05, 3.63) is 33.8 Å². The van der Waals surface area contributed by atoms with Gasteiger partial charge in [-0.3, -0.25) is 0 Å². The van der Waals surface area contributed by atoms with Crippen molar-refractivity contribution in [1.29, 1.82) is 0 Å². The van der Waals surface area contributed by atoms with Crippen molar-refractivity contribution < 1.29 is 5.11 Å². The van der Waals surface area contributed by atoms with Crippen LogP contribution in [0.1, 0.15) is 63.4 Å². The minimum absolute atomic E-state index is 0.235. The molecule has 2 saturated heterocycles. The molecule has 3 fully saturated rings. The molecule has 162 valence electrons. The molecule has 5 heteroatoms. The van der Waals surface area contributed by atoms with Crippen molar-refractivity contribution in [2.45, 2.75) is 63.4 Å². The van der Waals surface area contributed by atoms with E-state index >= 15 is 0 Å². The van der Waals surface area contributed by atoms with Gasteiger partial charge in [-0.2, -0.15) is 0 Å². The van der Waals surface area contributed by atoms with E-state index in [9.17, 15) is 5.11 Å². The first-order valence-electron chi connectivity index (χ1n) is 11.7. The van der Waals surface area contributed by atoms with Crippen molar-refractivity contribution in [2.75, 3.05) is 39.3 Å². The van der Waals surface area contributed by atoms with Crippen molar-refractivity contribution in [3.8, 4) is 0 Å². The molecule has 0 aromatic heterocycles. The summed E-state index contributed by atoms with van der Waals surface area (Å²) in [6.45, 7) is 6.63. The topological polar surface area (TPSA) is 26.7 Å². The Labute approximate surface area is 186 Å². The maximum atomic E-state index is 12.4. The van der Waals surface area contributed by atoms with Crippen LogP contribution in [0.4, 0.5) is 0 Å². The number of benzene rings is 1. The molecule has 0 radical (unpaired) electrons. The van der Waals surface area contributed by atoms with Crippen LogP contribution >= 0.6 is 23.2 Å². The quantitative estimate of drug-likeness (QED) is 0.650. The highest BCUT2D eigenvalue weighted by Gasteiger charge is 2.48. The second kappa shape index (κ2) is 9.87. The van der Waals surface area contributed by atoms with Crippen LogP contribution in [0.15, 0.2) is 18.2 Å². The second-order valence-electron chi connectivity index (χ2n) is 9.53. The number of halogens is 2. The average molecular weight is 439 g/mol. The van der Waals surface area contributed by atoms with E-state index in [-0.39, 0.29) is 11.8 Å². The molecule has 1 saturated carbocycles. The number of likely N-dealkylation sites (tertiary alicyclic amines) is 2. The number of nitrogens with zero attached hydrogens (tertiary/aromatic N) is 2. The summed E-state index contributed by atoms with van der Waals surface area (Å²) in [6.07, 6.45) is 11.2. The summed E-state index contributed by atoms with van der Waals surface area (Å²) < 4.78 is 0. The van der Waals surface area contributed by atoms with E-state index in [1.54, 1.807) is 6.07 Å². The molecular formula is C24H36Cl2N2O. The summed E-state index contributed by atoms with van der Waals surface area (Å²) >= 11 is 12.8. The van der Waals surface area contributed by atoms with E-state index in [2.05, 4.69) is 9.80 Å². The van der Waals surface area contributed by atoms with Crippen molar-refractivity contribution in [1.82, 2.24) is 9.80 Å². The van der Waals surface area contributed by atoms with E-state index < -0.39 is 5.60 Å². The minimum atomic E-state index is -0.859. The Morgan fingerprint density at radius 3 is 1.62 bits per heavy atom. The number of rotatable bonds is 5. The van der Waals surface area contributed by atoms with Crippen molar-refractivity contribution in [2.24, 2.45) is 11.8 Å². The van der Waals surface area contributed by atoms with Gasteiger partial charge in [0.25, 0.3) is 0 Å². The fourth-order valence-electron chi connectivity index (χ4n) is 6.01. The summed E-state index contributed by atoms with van der Waals surface area (Å²) in [7, 11) is 0. The summed E-state index contributed by atoms with van der Waals surface area (Å²) in [6, 6.07) is 5.70. The fraction of sp³-hybridized carbons (Fsp3) is 0.750. The van der Waals surface area contributed by atoms with Crippen LogP contribution in [0.25, 0.3) is 0 Å². The highest BCUT2D eigenvalue weighted by atomic mass is 35.5. The first-order chi connectivity index (χ1) is 14.1. The summed E-state index contributed by atoms with van der Waals surface area (Å²) in [5.74, 6) is 0.470. The number of piperidine rings is 2. The van der Waals surface area contributed by atoms with Crippen LogP contribution in [-0.4, -0.2) is 54.2 Å². The highest BCUT2D eigenvalue weighted by Crippen LogP contribution is 2.48. The average Bonchev–Trinajstić information content (AvgIpc) is 2.72. The second-order valence-corrected chi connectivity index (χ2v) is 10.4. The maximum absolute atomic E-state index is 12.4. The Morgan fingerprint density at radius 2 is 1.17 bits per heavy atom. The highest BCUT2D eigenvalue weighted by molar-refractivity contribution is 6.34. The Morgan fingerprint density at radius 1 is 0.724 bits per heavy atom. The number of aliphatic hydroxyl groups is 1. The Kier molecular flexibility index (Phi) is 7.45. The lowest BCUT2D eigenvalue weighted by Gasteiger charge is -2.50. The van der Waals surface area contributed by atoms with E-state index in [0.29, 0.717) is 10.0 Å². The molecule has 1 N–H and O–H groups in total. The zero-order valence-corrected chi connectivity index (χ0v) is 19.1. The molecule has 1 aromatic carbocycles. The summed E-state index contributed by atoms with van der Waals surface area (Å²) in [5, 5.41) is 13.7. The molecule has 2 atom stereocenters. The first-order valence-corrected chi connectivity index (χ1v) is 12.4. The number of hydrogen-bond donors (Lipinski definition) is 1. The van der Waals surface area contributed by atoms with Crippen LogP contribution < -0.4 is 0 Å². The maximum Gasteiger partial charge on any atom is 0.0977 e. The van der Waals surface area contributed by atoms with Gasteiger partial charge in [-0.05, 0) is 88.5 Å². The van der Waals surface area contributed by atoms with E-state index in [1.807, 2.05) is 12.1 Å². The van der Waals surface area contributed by atoms with Gasteiger partial charge in [0.2, 0.25) is 0 Å². The van der Waals surface area contributed by atoms with Gasteiger partial charge in [-0.1, -0.05) is 42.5 Å². The molecule has 0 amide bonds. The van der Waals surface area contributed by atoms with Crippen LogP contribution in [0, 0.1) is 11.8 Å². The third-order valence-corrected chi connectivity index (χ3v) is 7.97. The summed E-state index contributed by atoms with van der Waals surface area (Å²) in [5.41, 5.74) is 0.0699. The molecule has 0 spiro atoms. The third-order valence-electron chi connectivity index (χ3n) is 7.53. The van der Waals surface area contributed by atoms with Gasteiger partial charge < -0.3 is 14.9 Å². The lowest BCUT2D eigenvalue weighted by Crippen LogP contribution is -2.53. The van der Waals surface area contributed by atoms with Crippen LogP contribution in [0.3, 0.4) is 0 Å². The molecule has 2 heterocycles. The normalized spacial score (nSPS) is 32.4. The SMILES string of the molecule is OC1(c2cc(Cl)cc(Cl)c2)C(CN2CCCCC2)CCCC1CN1CCCCC1.